The molecule has 0 radical (unpaired) electrons. The summed E-state index contributed by atoms with van der Waals surface area (Å²) in [6.07, 6.45) is 0. The lowest BCUT2D eigenvalue weighted by Crippen LogP contribution is -2.29. The van der Waals surface area contributed by atoms with Gasteiger partial charge in [0.05, 0.1) is 24.3 Å². The molecule has 1 aliphatic heterocycles. The van der Waals surface area contributed by atoms with Gasteiger partial charge in [-0.1, -0.05) is 72.3 Å². The van der Waals surface area contributed by atoms with Crippen molar-refractivity contribution in [3.8, 4) is 11.5 Å². The summed E-state index contributed by atoms with van der Waals surface area (Å²) < 4.78 is 11.4. The van der Waals surface area contributed by atoms with Gasteiger partial charge in [-0.25, -0.2) is 0 Å². The van der Waals surface area contributed by atoms with Crippen LogP contribution in [0.4, 0.5) is 5.69 Å². The van der Waals surface area contributed by atoms with Gasteiger partial charge in [-0.05, 0) is 53.6 Å². The Kier molecular flexibility index (Phi) is 7.15. The first-order valence-corrected chi connectivity index (χ1v) is 12.3. The Bertz CT molecular complexity index is 1520. The molecule has 0 bridgehead atoms. The quantitative estimate of drug-likeness (QED) is 0.168. The highest BCUT2D eigenvalue weighted by Gasteiger charge is 2.47. The molecular weight excluding hydrogens is 502 g/mol. The zero-order valence-corrected chi connectivity index (χ0v) is 21.3. The van der Waals surface area contributed by atoms with E-state index >= 15 is 0 Å². The second-order valence-corrected chi connectivity index (χ2v) is 9.13. The largest absolute Gasteiger partial charge is 0.507 e. The van der Waals surface area contributed by atoms with Gasteiger partial charge in [0.1, 0.15) is 23.9 Å². The Hall–Kier alpha value is -4.55. The Labute approximate surface area is 225 Å². The number of hydrogen-bond donors (Lipinski definition) is 1. The van der Waals surface area contributed by atoms with Crippen molar-refractivity contribution in [3.05, 3.63) is 130 Å². The Morgan fingerprint density at radius 3 is 2.32 bits per heavy atom. The third-order valence-electron chi connectivity index (χ3n) is 6.32. The predicted molar refractivity (Wildman–Crippen MR) is 146 cm³/mol. The van der Waals surface area contributed by atoms with Crippen LogP contribution in [0.1, 0.15) is 22.7 Å². The molecule has 38 heavy (non-hydrogen) atoms. The van der Waals surface area contributed by atoms with Crippen molar-refractivity contribution in [2.24, 2.45) is 0 Å². The molecule has 0 spiro atoms. The third-order valence-corrected chi connectivity index (χ3v) is 6.55. The molecule has 1 saturated heterocycles. The van der Waals surface area contributed by atoms with Gasteiger partial charge in [0.15, 0.2) is 0 Å². The van der Waals surface area contributed by atoms with E-state index in [4.69, 9.17) is 21.1 Å². The van der Waals surface area contributed by atoms with Crippen LogP contribution in [0, 0.1) is 0 Å². The van der Waals surface area contributed by atoms with Crippen LogP contribution in [-0.2, 0) is 16.2 Å². The first kappa shape index (κ1) is 25.1. The van der Waals surface area contributed by atoms with Gasteiger partial charge in [-0.3, -0.25) is 14.5 Å². The fraction of sp³-hybridized carbons (Fsp3) is 0.0968. The fourth-order valence-corrected chi connectivity index (χ4v) is 4.70. The smallest absolute Gasteiger partial charge is 0.300 e. The van der Waals surface area contributed by atoms with E-state index in [1.807, 2.05) is 36.4 Å². The van der Waals surface area contributed by atoms with E-state index in [0.29, 0.717) is 34.4 Å². The van der Waals surface area contributed by atoms with Crippen molar-refractivity contribution >= 4 is 34.7 Å². The molecule has 1 heterocycles. The highest BCUT2D eigenvalue weighted by molar-refractivity contribution is 6.51. The topological polar surface area (TPSA) is 76.1 Å². The minimum atomic E-state index is -0.915. The maximum Gasteiger partial charge on any atom is 0.300 e. The van der Waals surface area contributed by atoms with Crippen molar-refractivity contribution < 1.29 is 24.2 Å². The average molecular weight is 526 g/mol. The summed E-state index contributed by atoms with van der Waals surface area (Å²) in [5.41, 5.74) is 2.27. The van der Waals surface area contributed by atoms with Crippen LogP contribution in [0.5, 0.6) is 11.5 Å². The minimum absolute atomic E-state index is 0.0698. The second-order valence-electron chi connectivity index (χ2n) is 8.70. The number of carbonyl (C=O) groups is 2. The number of ketones is 1. The number of benzene rings is 4. The van der Waals surface area contributed by atoms with Crippen LogP contribution < -0.4 is 14.4 Å². The molecule has 1 fully saturated rings. The van der Waals surface area contributed by atoms with Gasteiger partial charge in [0.25, 0.3) is 11.7 Å². The fourth-order valence-electron chi connectivity index (χ4n) is 4.53. The lowest BCUT2D eigenvalue weighted by molar-refractivity contribution is -0.132. The number of Topliss-reactive ketones (excluding diaryl/α,β-unsaturated/α-hetero) is 1. The normalized spacial score (nSPS) is 16.5. The summed E-state index contributed by atoms with van der Waals surface area (Å²) >= 11 is 6.21. The van der Waals surface area contributed by atoms with Gasteiger partial charge in [0.2, 0.25) is 0 Å². The summed E-state index contributed by atoms with van der Waals surface area (Å²) in [5, 5.41) is 11.8. The highest BCUT2D eigenvalue weighted by Crippen LogP contribution is 2.44. The molecule has 5 rings (SSSR count). The molecule has 6 nitrogen and oxygen atoms in total. The standard InChI is InChI=1S/C31H24ClNO5/c1-37-26-16-15-22(32)18-25(26)29(34)27-28(33(31(36)30(27)35)23-12-6-3-7-13-23)21-11-8-14-24(17-21)38-19-20-9-4-2-5-10-20/h2-18,28,34H,19H2,1H3/b29-27+. The molecule has 1 unspecified atom stereocenters. The average Bonchev–Trinajstić information content (AvgIpc) is 3.22. The van der Waals surface area contributed by atoms with Crippen molar-refractivity contribution in [2.45, 2.75) is 12.6 Å². The van der Waals surface area contributed by atoms with Crippen molar-refractivity contribution in [3.63, 3.8) is 0 Å². The van der Waals surface area contributed by atoms with E-state index in [0.717, 1.165) is 5.56 Å². The zero-order valence-electron chi connectivity index (χ0n) is 20.5. The molecule has 0 aromatic heterocycles. The van der Waals surface area contributed by atoms with Crippen molar-refractivity contribution in [1.29, 1.82) is 0 Å². The lowest BCUT2D eigenvalue weighted by Gasteiger charge is -2.26. The van der Waals surface area contributed by atoms with Crippen LogP contribution in [-0.4, -0.2) is 23.9 Å². The summed E-state index contributed by atoms with van der Waals surface area (Å²) in [5.74, 6) is -1.06. The highest BCUT2D eigenvalue weighted by atomic mass is 35.5. The molecule has 1 atom stereocenters. The number of aliphatic hydroxyl groups excluding tert-OH is 1. The summed E-state index contributed by atoms with van der Waals surface area (Å²) in [6.45, 7) is 0.350. The van der Waals surface area contributed by atoms with E-state index < -0.39 is 17.7 Å². The number of carbonyl (C=O) groups excluding carboxylic acids is 2. The van der Waals surface area contributed by atoms with Crippen molar-refractivity contribution in [1.82, 2.24) is 0 Å². The molecular formula is C31H24ClNO5. The molecule has 4 aromatic carbocycles. The number of rotatable bonds is 7. The number of ether oxygens (including phenoxy) is 2. The molecule has 0 aliphatic carbocycles. The van der Waals surface area contributed by atoms with Gasteiger partial charge < -0.3 is 14.6 Å². The summed E-state index contributed by atoms with van der Waals surface area (Å²) in [6, 6.07) is 29.6. The van der Waals surface area contributed by atoms with Crippen LogP contribution in [0.3, 0.4) is 0 Å². The molecule has 1 N–H and O–H groups in total. The number of halogens is 1. The number of nitrogens with zero attached hydrogens (tertiary/aromatic N) is 1. The molecule has 7 heteroatoms. The van der Waals surface area contributed by atoms with Gasteiger partial charge in [0, 0.05) is 10.7 Å². The number of amides is 1. The Morgan fingerprint density at radius 2 is 1.61 bits per heavy atom. The number of methoxy groups -OCH3 is 1. The number of anilines is 1. The SMILES string of the molecule is COc1ccc(Cl)cc1/C(O)=C1\C(=O)C(=O)N(c2ccccc2)C1c1cccc(OCc2ccccc2)c1. The number of para-hydroxylation sites is 1. The van der Waals surface area contributed by atoms with Crippen LogP contribution in [0.25, 0.3) is 5.76 Å². The summed E-state index contributed by atoms with van der Waals surface area (Å²) in [7, 11) is 1.45. The monoisotopic (exact) mass is 525 g/mol. The van der Waals surface area contributed by atoms with E-state index in [1.165, 1.54) is 18.1 Å². The number of hydrogen-bond acceptors (Lipinski definition) is 5. The molecule has 0 saturated carbocycles. The van der Waals surface area contributed by atoms with E-state index in [-0.39, 0.29) is 16.9 Å². The van der Waals surface area contributed by atoms with Crippen LogP contribution in [0.2, 0.25) is 5.02 Å². The van der Waals surface area contributed by atoms with E-state index in [2.05, 4.69) is 0 Å². The first-order chi connectivity index (χ1) is 18.5. The van der Waals surface area contributed by atoms with Crippen LogP contribution in [0.15, 0.2) is 109 Å². The predicted octanol–water partition coefficient (Wildman–Crippen LogP) is 6.55. The van der Waals surface area contributed by atoms with Crippen LogP contribution >= 0.6 is 11.6 Å². The third kappa shape index (κ3) is 4.86. The zero-order chi connectivity index (χ0) is 26.6. The molecule has 190 valence electrons. The molecule has 1 aliphatic rings. The lowest BCUT2D eigenvalue weighted by atomic mass is 9.94. The maximum atomic E-state index is 13.5. The minimum Gasteiger partial charge on any atom is -0.507 e. The van der Waals surface area contributed by atoms with E-state index in [1.54, 1.807) is 60.7 Å². The Balaban J connectivity index is 1.64. The first-order valence-electron chi connectivity index (χ1n) is 11.9. The number of aliphatic hydroxyl groups is 1. The molecule has 1 amide bonds. The Morgan fingerprint density at radius 1 is 0.895 bits per heavy atom. The van der Waals surface area contributed by atoms with Crippen molar-refractivity contribution in [2.75, 3.05) is 12.0 Å². The summed E-state index contributed by atoms with van der Waals surface area (Å²) in [4.78, 5) is 28.2. The second kappa shape index (κ2) is 10.8. The van der Waals surface area contributed by atoms with Gasteiger partial charge in [-0.2, -0.15) is 0 Å². The van der Waals surface area contributed by atoms with E-state index in [9.17, 15) is 14.7 Å². The van der Waals surface area contributed by atoms with Gasteiger partial charge in [-0.15, -0.1) is 0 Å². The van der Waals surface area contributed by atoms with Gasteiger partial charge >= 0.3 is 0 Å². The maximum absolute atomic E-state index is 13.5. The molecule has 4 aromatic rings.